The molecule has 2 atom stereocenters. The molecule has 2 heterocycles. The summed E-state index contributed by atoms with van der Waals surface area (Å²) >= 11 is 3.26. The highest BCUT2D eigenvalue weighted by Crippen LogP contribution is 2.28. The highest BCUT2D eigenvalue weighted by Gasteiger charge is 2.30. The van der Waals surface area contributed by atoms with Crippen molar-refractivity contribution in [3.05, 3.63) is 56.9 Å². The van der Waals surface area contributed by atoms with E-state index in [0.717, 1.165) is 36.0 Å². The van der Waals surface area contributed by atoms with Crippen molar-refractivity contribution in [3.8, 4) is 5.75 Å². The van der Waals surface area contributed by atoms with Crippen LogP contribution in [0.1, 0.15) is 24.8 Å². The Morgan fingerprint density at radius 3 is 2.81 bits per heavy atom. The number of amides is 1. The summed E-state index contributed by atoms with van der Waals surface area (Å²) in [5, 5.41) is 7.13. The van der Waals surface area contributed by atoms with Crippen molar-refractivity contribution in [2.45, 2.75) is 31.8 Å². The number of aromatic nitrogens is 3. The summed E-state index contributed by atoms with van der Waals surface area (Å²) in [6.07, 6.45) is 4.09. The number of rotatable bonds is 6. The Morgan fingerprint density at radius 2 is 2.06 bits per heavy atom. The first-order valence-electron chi connectivity index (χ1n) is 10.1. The first kappa shape index (κ1) is 21.3. The van der Waals surface area contributed by atoms with Gasteiger partial charge >= 0.3 is 0 Å². The Labute approximate surface area is 188 Å². The molecular weight excluding hydrogens is 462 g/mol. The van der Waals surface area contributed by atoms with Crippen molar-refractivity contribution in [2.24, 2.45) is 13.0 Å². The van der Waals surface area contributed by atoms with Gasteiger partial charge in [-0.05, 0) is 59.0 Å². The van der Waals surface area contributed by atoms with E-state index in [1.54, 1.807) is 26.4 Å². The maximum atomic E-state index is 12.6. The van der Waals surface area contributed by atoms with E-state index in [9.17, 15) is 9.59 Å². The van der Waals surface area contributed by atoms with Gasteiger partial charge in [0.05, 0.1) is 11.6 Å². The lowest BCUT2D eigenvalue weighted by Gasteiger charge is -2.14. The maximum absolute atomic E-state index is 12.6. The third-order valence-corrected chi connectivity index (χ3v) is 6.24. The normalized spacial score (nSPS) is 18.2. The summed E-state index contributed by atoms with van der Waals surface area (Å²) in [4.78, 5) is 33.6. The lowest BCUT2D eigenvalue weighted by atomic mass is 10.1. The molecule has 0 unspecified atom stereocenters. The minimum atomic E-state index is -0.147. The average molecular weight is 486 g/mol. The number of nitrogens with zero attached hydrogens (tertiary/aromatic N) is 3. The molecule has 3 aromatic rings. The van der Waals surface area contributed by atoms with Gasteiger partial charge in [0.2, 0.25) is 11.9 Å². The number of ether oxygens (including phenoxy) is 1. The zero-order chi connectivity index (χ0) is 22.0. The topological polar surface area (TPSA) is 98.1 Å². The summed E-state index contributed by atoms with van der Waals surface area (Å²) < 4.78 is 7.13. The second kappa shape index (κ2) is 9.05. The lowest BCUT2D eigenvalue weighted by molar-refractivity contribution is -0.125. The second-order valence-corrected chi connectivity index (χ2v) is 8.60. The molecule has 2 aromatic heterocycles. The van der Waals surface area contributed by atoms with Crippen molar-refractivity contribution in [1.29, 1.82) is 0 Å². The zero-order valence-electron chi connectivity index (χ0n) is 17.4. The van der Waals surface area contributed by atoms with Gasteiger partial charge in [0.15, 0.2) is 0 Å². The van der Waals surface area contributed by atoms with Gasteiger partial charge in [-0.25, -0.2) is 4.98 Å². The summed E-state index contributed by atoms with van der Waals surface area (Å²) in [6, 6.07) is 9.49. The second-order valence-electron chi connectivity index (χ2n) is 7.75. The average Bonchev–Trinajstić information content (AvgIpc) is 3.25. The first-order chi connectivity index (χ1) is 14.9. The monoisotopic (exact) mass is 485 g/mol. The van der Waals surface area contributed by atoms with Gasteiger partial charge in [0.1, 0.15) is 11.4 Å². The Kier molecular flexibility index (Phi) is 6.22. The molecule has 2 N–H and O–H groups in total. The van der Waals surface area contributed by atoms with Gasteiger partial charge in [0.25, 0.3) is 5.56 Å². The van der Waals surface area contributed by atoms with Crippen molar-refractivity contribution in [1.82, 2.24) is 19.9 Å². The third kappa shape index (κ3) is 4.71. The van der Waals surface area contributed by atoms with E-state index in [0.29, 0.717) is 22.6 Å². The molecule has 1 aromatic carbocycles. The van der Waals surface area contributed by atoms with Gasteiger partial charge in [0, 0.05) is 37.1 Å². The zero-order valence-corrected chi connectivity index (χ0v) is 19.0. The summed E-state index contributed by atoms with van der Waals surface area (Å²) in [5.41, 5.74) is 1.45. The number of hydrogen-bond donors (Lipinski definition) is 2. The minimum Gasteiger partial charge on any atom is -0.497 e. The number of halogens is 1. The molecular formula is C22H24BrN5O3. The van der Waals surface area contributed by atoms with Crippen LogP contribution in [0, 0.1) is 5.92 Å². The molecule has 9 heteroatoms. The molecule has 162 valence electrons. The standard InChI is InChI=1S/C22H24BrN5O3/c1-28-19-15(10-18(23)21(28)30)12-25-22(27-19)26-16-6-5-14(9-16)20(29)24-11-13-3-7-17(31-2)8-4-13/h3-4,7-8,10,12,14,16H,5-6,9,11H2,1-2H3,(H,24,29)(H,25,26,27)/t14-,16+/m1/s1. The molecule has 1 aliphatic rings. The predicted molar refractivity (Wildman–Crippen MR) is 122 cm³/mol. The molecule has 0 saturated heterocycles. The van der Waals surface area contributed by atoms with Crippen LogP contribution in [0.5, 0.6) is 5.75 Å². The molecule has 1 aliphatic carbocycles. The minimum absolute atomic E-state index is 0.0449. The smallest absolute Gasteiger partial charge is 0.266 e. The first-order valence-corrected chi connectivity index (χ1v) is 10.9. The molecule has 8 nitrogen and oxygen atoms in total. The van der Waals surface area contributed by atoms with E-state index in [4.69, 9.17) is 4.74 Å². The fraction of sp³-hybridized carbons (Fsp3) is 0.364. The molecule has 4 rings (SSSR count). The van der Waals surface area contributed by atoms with Crippen LogP contribution in [0.4, 0.5) is 5.95 Å². The van der Waals surface area contributed by atoms with E-state index in [-0.39, 0.29) is 23.4 Å². The Balaban J connectivity index is 1.35. The van der Waals surface area contributed by atoms with Gasteiger partial charge in [-0.3, -0.25) is 14.2 Å². The van der Waals surface area contributed by atoms with Crippen molar-refractivity contribution >= 4 is 38.8 Å². The van der Waals surface area contributed by atoms with Gasteiger partial charge in [-0.2, -0.15) is 4.98 Å². The number of hydrogen-bond acceptors (Lipinski definition) is 6. The third-order valence-electron chi connectivity index (χ3n) is 5.67. The summed E-state index contributed by atoms with van der Waals surface area (Å²) in [6.45, 7) is 0.495. The lowest BCUT2D eigenvalue weighted by Crippen LogP contribution is -2.30. The molecule has 0 aliphatic heterocycles. The molecule has 0 bridgehead atoms. The van der Waals surface area contributed by atoms with Gasteiger partial charge in [-0.1, -0.05) is 12.1 Å². The molecule has 31 heavy (non-hydrogen) atoms. The number of carbonyl (C=O) groups excluding carboxylic acids is 1. The number of nitrogens with one attached hydrogen (secondary N) is 2. The van der Waals surface area contributed by atoms with Crippen LogP contribution in [-0.4, -0.2) is 33.6 Å². The van der Waals surface area contributed by atoms with E-state index in [2.05, 4.69) is 36.5 Å². The molecule has 1 fully saturated rings. The quantitative estimate of drug-likeness (QED) is 0.556. The number of fused-ring (bicyclic) bond motifs is 1. The van der Waals surface area contributed by atoms with Crippen LogP contribution < -0.4 is 20.9 Å². The molecule has 1 saturated carbocycles. The molecule has 1 amide bonds. The number of pyridine rings is 1. The number of methoxy groups -OCH3 is 1. The number of carbonyl (C=O) groups is 1. The highest BCUT2D eigenvalue weighted by molar-refractivity contribution is 9.10. The Morgan fingerprint density at radius 1 is 1.29 bits per heavy atom. The van der Waals surface area contributed by atoms with Crippen LogP contribution in [0.2, 0.25) is 0 Å². The predicted octanol–water partition coefficient (Wildman–Crippen LogP) is 3.00. The van der Waals surface area contributed by atoms with Crippen molar-refractivity contribution in [2.75, 3.05) is 12.4 Å². The largest absolute Gasteiger partial charge is 0.497 e. The van der Waals surface area contributed by atoms with Crippen LogP contribution in [0.3, 0.4) is 0 Å². The van der Waals surface area contributed by atoms with Gasteiger partial charge < -0.3 is 15.4 Å². The fourth-order valence-electron chi connectivity index (χ4n) is 3.89. The van der Waals surface area contributed by atoms with Crippen molar-refractivity contribution in [3.63, 3.8) is 0 Å². The highest BCUT2D eigenvalue weighted by atomic mass is 79.9. The molecule has 0 radical (unpaired) electrons. The van der Waals surface area contributed by atoms with E-state index < -0.39 is 0 Å². The Bertz CT molecular complexity index is 1160. The van der Waals surface area contributed by atoms with E-state index in [1.807, 2.05) is 24.3 Å². The van der Waals surface area contributed by atoms with Crippen LogP contribution in [0.25, 0.3) is 11.0 Å². The summed E-state index contributed by atoms with van der Waals surface area (Å²) in [5.74, 6) is 1.28. The fourth-order valence-corrected chi connectivity index (χ4v) is 4.40. The van der Waals surface area contributed by atoms with Crippen LogP contribution >= 0.6 is 15.9 Å². The van der Waals surface area contributed by atoms with Crippen LogP contribution in [0.15, 0.2) is 45.8 Å². The number of anilines is 1. The Hall–Kier alpha value is -2.94. The molecule has 0 spiro atoms. The van der Waals surface area contributed by atoms with Crippen molar-refractivity contribution < 1.29 is 9.53 Å². The van der Waals surface area contributed by atoms with Crippen LogP contribution in [-0.2, 0) is 18.4 Å². The van der Waals surface area contributed by atoms with Gasteiger partial charge in [-0.15, -0.1) is 0 Å². The van der Waals surface area contributed by atoms with E-state index in [1.165, 1.54) is 4.57 Å². The SMILES string of the molecule is COc1ccc(CNC(=O)[C@@H]2CC[C@H](Nc3ncc4cc(Br)c(=O)n(C)c4n3)C2)cc1. The summed E-state index contributed by atoms with van der Waals surface area (Å²) in [7, 11) is 3.31. The number of aryl methyl sites for hydroxylation is 1. The van der Waals surface area contributed by atoms with E-state index >= 15 is 0 Å². The maximum Gasteiger partial charge on any atom is 0.266 e. The number of benzene rings is 1.